The van der Waals surface area contributed by atoms with Gasteiger partial charge in [-0.25, -0.2) is 13.4 Å². The first kappa shape index (κ1) is 25.9. The Kier molecular flexibility index (Phi) is 5.64. The molecule has 0 atom stereocenters. The first-order valence-corrected chi connectivity index (χ1v) is 17.2. The van der Waals surface area contributed by atoms with Gasteiger partial charge in [0.25, 0.3) is 0 Å². The number of hydrogen-bond acceptors (Lipinski definition) is 4. The molecule has 0 radical (unpaired) electrons. The molecule has 7 aromatic rings. The second-order valence-corrected chi connectivity index (χ2v) is 15.5. The zero-order valence-corrected chi connectivity index (χ0v) is 24.9. The molecule has 0 N–H and O–H groups in total. The van der Waals surface area contributed by atoms with Crippen LogP contribution in [0.15, 0.2) is 143 Å². The van der Waals surface area contributed by atoms with E-state index in [9.17, 15) is 13.0 Å². The van der Waals surface area contributed by atoms with Gasteiger partial charge in [0.15, 0.2) is 7.14 Å². The predicted octanol–water partition coefficient (Wildman–Crippen LogP) is 6.94. The van der Waals surface area contributed by atoms with Gasteiger partial charge in [0.2, 0.25) is 9.84 Å². The lowest BCUT2D eigenvalue weighted by molar-refractivity contribution is 0.592. The molecule has 0 spiro atoms. The zero-order valence-electron chi connectivity index (χ0n) is 23.2. The van der Waals surface area contributed by atoms with Gasteiger partial charge in [-0.05, 0) is 65.2 Å². The summed E-state index contributed by atoms with van der Waals surface area (Å²) >= 11 is 0. The molecular formula is C36H25N2O3PS. The van der Waals surface area contributed by atoms with Crippen LogP contribution in [0.5, 0.6) is 0 Å². The summed E-state index contributed by atoms with van der Waals surface area (Å²) in [6, 6.07) is 42.2. The summed E-state index contributed by atoms with van der Waals surface area (Å²) in [5.41, 5.74) is 3.63. The highest BCUT2D eigenvalue weighted by molar-refractivity contribution is 7.92. The molecular weight excluding hydrogens is 571 g/mol. The Bertz CT molecular complexity index is 2360. The number of aryl methyl sites for hydroxylation is 1. The molecule has 5 nitrogen and oxygen atoms in total. The number of rotatable bonds is 4. The van der Waals surface area contributed by atoms with Crippen LogP contribution in [0.3, 0.4) is 0 Å². The number of aromatic nitrogens is 2. The maximum Gasteiger partial charge on any atom is 0.210 e. The van der Waals surface area contributed by atoms with Crippen LogP contribution in [0, 0.1) is 6.92 Å². The molecule has 208 valence electrons. The Morgan fingerprint density at radius 2 is 1.23 bits per heavy atom. The molecule has 0 fully saturated rings. The van der Waals surface area contributed by atoms with Crippen molar-refractivity contribution in [1.82, 2.24) is 9.55 Å². The quantitative estimate of drug-likeness (QED) is 0.207. The summed E-state index contributed by atoms with van der Waals surface area (Å²) in [6.45, 7) is 1.89. The third kappa shape index (κ3) is 3.80. The second kappa shape index (κ2) is 9.37. The van der Waals surface area contributed by atoms with Crippen molar-refractivity contribution in [2.24, 2.45) is 0 Å². The fourth-order valence-electron chi connectivity index (χ4n) is 6.27. The Morgan fingerprint density at radius 3 is 1.95 bits per heavy atom. The van der Waals surface area contributed by atoms with Gasteiger partial charge >= 0.3 is 0 Å². The van der Waals surface area contributed by atoms with Gasteiger partial charge in [-0.15, -0.1) is 0 Å². The van der Waals surface area contributed by atoms with Crippen LogP contribution in [0.1, 0.15) is 5.82 Å². The van der Waals surface area contributed by atoms with E-state index in [2.05, 4.69) is 11.1 Å². The normalized spacial score (nSPS) is 13.7. The van der Waals surface area contributed by atoms with Gasteiger partial charge in [-0.3, -0.25) is 4.57 Å². The minimum absolute atomic E-state index is 0.271. The first-order chi connectivity index (χ1) is 20.9. The third-order valence-corrected chi connectivity index (χ3v) is 13.2. The number of sulfone groups is 1. The average molecular weight is 597 g/mol. The molecule has 0 amide bonds. The van der Waals surface area contributed by atoms with Crippen LogP contribution in [0.4, 0.5) is 0 Å². The van der Waals surface area contributed by atoms with Crippen LogP contribution in [0.2, 0.25) is 0 Å². The summed E-state index contributed by atoms with van der Waals surface area (Å²) in [7, 11) is -6.83. The Balaban J connectivity index is 1.24. The SMILES string of the molecule is Cc1nc2cccc3c2n1-c1ccc(-c2ccc4cc(P(=O)(c5ccccc5)c5ccccc5)ccc4c2)cc1S3(=O)=O. The minimum Gasteiger partial charge on any atom is -0.309 e. The number of fused-ring (bicyclic) bond motifs is 3. The first-order valence-electron chi connectivity index (χ1n) is 14.0. The molecule has 0 saturated heterocycles. The van der Waals surface area contributed by atoms with Crippen molar-refractivity contribution in [1.29, 1.82) is 0 Å². The van der Waals surface area contributed by atoms with Crippen LogP contribution in [0.25, 0.3) is 38.6 Å². The van der Waals surface area contributed by atoms with Crippen molar-refractivity contribution in [3.05, 3.63) is 139 Å². The Morgan fingerprint density at radius 1 is 0.605 bits per heavy atom. The van der Waals surface area contributed by atoms with E-state index in [-0.39, 0.29) is 9.79 Å². The van der Waals surface area contributed by atoms with Gasteiger partial charge in [0.1, 0.15) is 5.82 Å². The van der Waals surface area contributed by atoms with E-state index < -0.39 is 17.0 Å². The number of hydrogen-bond donors (Lipinski definition) is 0. The average Bonchev–Trinajstić information content (AvgIpc) is 3.39. The Hall–Kier alpha value is -4.77. The van der Waals surface area contributed by atoms with E-state index in [4.69, 9.17) is 0 Å². The molecule has 0 saturated carbocycles. The number of benzene rings is 6. The maximum absolute atomic E-state index is 14.8. The van der Waals surface area contributed by atoms with Crippen molar-refractivity contribution in [3.63, 3.8) is 0 Å². The summed E-state index contributed by atoms with van der Waals surface area (Å²) in [6.07, 6.45) is 0. The molecule has 1 aliphatic rings. The van der Waals surface area contributed by atoms with Gasteiger partial charge in [-0.1, -0.05) is 97.1 Å². The second-order valence-electron chi connectivity index (χ2n) is 10.8. The topological polar surface area (TPSA) is 69.0 Å². The van der Waals surface area contributed by atoms with Crippen molar-refractivity contribution < 1.29 is 13.0 Å². The molecule has 1 aliphatic heterocycles. The van der Waals surface area contributed by atoms with Crippen LogP contribution >= 0.6 is 7.14 Å². The molecule has 43 heavy (non-hydrogen) atoms. The lowest BCUT2D eigenvalue weighted by Crippen LogP contribution is -2.24. The molecule has 2 heterocycles. The molecule has 7 heteroatoms. The molecule has 1 aromatic heterocycles. The Labute approximate surface area is 249 Å². The van der Waals surface area contributed by atoms with E-state index in [0.717, 1.165) is 43.6 Å². The molecule has 8 rings (SSSR count). The minimum atomic E-state index is -3.73. The fourth-order valence-corrected chi connectivity index (χ4v) is 10.6. The van der Waals surface area contributed by atoms with Gasteiger partial charge in [0.05, 0.1) is 26.5 Å². The summed E-state index contributed by atoms with van der Waals surface area (Å²) < 4.78 is 44.3. The summed E-state index contributed by atoms with van der Waals surface area (Å²) in [5, 5.41) is 4.29. The highest BCUT2D eigenvalue weighted by atomic mass is 32.2. The van der Waals surface area contributed by atoms with E-state index in [0.29, 0.717) is 16.7 Å². The molecule has 0 aliphatic carbocycles. The molecule has 0 unspecified atom stereocenters. The highest BCUT2D eigenvalue weighted by Crippen LogP contribution is 2.44. The van der Waals surface area contributed by atoms with E-state index in [1.807, 2.05) is 121 Å². The summed E-state index contributed by atoms with van der Waals surface area (Å²) in [5.74, 6) is 0.746. The lowest BCUT2D eigenvalue weighted by atomic mass is 10.0. The van der Waals surface area contributed by atoms with E-state index >= 15 is 0 Å². The number of imidazole rings is 1. The number of nitrogens with zero attached hydrogens (tertiary/aromatic N) is 2. The standard InChI is InChI=1S/C36H25N2O3PS/c1-24-37-32-13-8-14-34-36(32)38(24)33-20-18-28(23-35(33)43(34,40)41)25-15-16-27-22-31(19-17-26(27)21-25)42(39,29-9-4-2-5-10-29)30-11-6-3-7-12-30/h2-23H,1H3. The number of para-hydroxylation sites is 1. The van der Waals surface area contributed by atoms with Gasteiger partial charge < -0.3 is 4.57 Å². The predicted molar refractivity (Wildman–Crippen MR) is 174 cm³/mol. The molecule has 0 bridgehead atoms. The van der Waals surface area contributed by atoms with Gasteiger partial charge in [0, 0.05) is 15.9 Å². The largest absolute Gasteiger partial charge is 0.309 e. The van der Waals surface area contributed by atoms with Crippen molar-refractivity contribution in [3.8, 4) is 16.8 Å². The lowest BCUT2D eigenvalue weighted by Gasteiger charge is -2.21. The molecule has 6 aromatic carbocycles. The van der Waals surface area contributed by atoms with Crippen LogP contribution < -0.4 is 15.9 Å². The fraction of sp³-hybridized carbons (Fsp3) is 0.0278. The van der Waals surface area contributed by atoms with Crippen LogP contribution in [-0.2, 0) is 14.4 Å². The van der Waals surface area contributed by atoms with Crippen molar-refractivity contribution in [2.45, 2.75) is 16.7 Å². The maximum atomic E-state index is 14.8. The third-order valence-electron chi connectivity index (χ3n) is 8.35. The zero-order chi connectivity index (χ0) is 29.3. The van der Waals surface area contributed by atoms with E-state index in [1.165, 1.54) is 0 Å². The summed E-state index contributed by atoms with van der Waals surface area (Å²) in [4.78, 5) is 5.16. The van der Waals surface area contributed by atoms with Crippen molar-refractivity contribution in [2.75, 3.05) is 0 Å². The van der Waals surface area contributed by atoms with Gasteiger partial charge in [-0.2, -0.15) is 0 Å². The monoisotopic (exact) mass is 596 g/mol. The van der Waals surface area contributed by atoms with Crippen molar-refractivity contribution >= 4 is 54.7 Å². The van der Waals surface area contributed by atoms with E-state index in [1.54, 1.807) is 18.2 Å². The van der Waals surface area contributed by atoms with Crippen LogP contribution in [-0.4, -0.2) is 18.0 Å². The highest BCUT2D eigenvalue weighted by Gasteiger charge is 2.33. The smallest absolute Gasteiger partial charge is 0.210 e.